The summed E-state index contributed by atoms with van der Waals surface area (Å²) in [6.07, 6.45) is 15.4. The Hall–Kier alpha value is -8.44. The highest BCUT2D eigenvalue weighted by Gasteiger charge is 2.21. The third-order valence-electron chi connectivity index (χ3n) is 10.7. The number of anilines is 1. The third kappa shape index (κ3) is 16.3. The second kappa shape index (κ2) is 27.0. The Bertz CT molecular complexity index is 3190. The summed E-state index contributed by atoms with van der Waals surface area (Å²) in [5.74, 6) is 4.11. The maximum absolute atomic E-state index is 11.5. The molecule has 75 heavy (non-hydrogen) atoms. The first-order valence-corrected chi connectivity index (χ1v) is 24.1. The van der Waals surface area contributed by atoms with Crippen LogP contribution in [0.1, 0.15) is 149 Å². The van der Waals surface area contributed by atoms with Crippen LogP contribution in [0.5, 0.6) is 0 Å². The highest BCUT2D eigenvalue weighted by Crippen LogP contribution is 2.26. The van der Waals surface area contributed by atoms with Gasteiger partial charge in [0.15, 0.2) is 34.1 Å². The predicted molar refractivity (Wildman–Crippen MR) is 296 cm³/mol. The summed E-state index contributed by atoms with van der Waals surface area (Å²) in [5, 5.41) is 6.41. The summed E-state index contributed by atoms with van der Waals surface area (Å²) in [5.41, 5.74) is 14.5. The molecule has 0 saturated heterocycles. The number of aromatic nitrogens is 13. The molecule has 3 aliphatic rings. The summed E-state index contributed by atoms with van der Waals surface area (Å²) in [4.78, 5) is 88.2. The number of fused-ring (bicyclic) bond motifs is 3. The number of H-pyrrole nitrogens is 1. The molecule has 404 valence electrons. The molecule has 0 atom stereocenters. The molecule has 0 aromatic carbocycles. The van der Waals surface area contributed by atoms with Crippen molar-refractivity contribution >= 4 is 57.7 Å². The van der Waals surface area contributed by atoms with E-state index in [1.165, 1.54) is 17.0 Å². The quantitative estimate of drug-likeness (QED) is 0.129. The Balaban J connectivity index is 0.000000237. The smallest absolute Gasteiger partial charge is 0.366 e. The average molecular weight is 1030 g/mol. The second-order valence-electron chi connectivity index (χ2n) is 18.7. The molecule has 3 aliphatic heterocycles. The van der Waals surface area contributed by atoms with Crippen molar-refractivity contribution in [3.05, 3.63) is 118 Å². The fourth-order valence-corrected chi connectivity index (χ4v) is 7.00. The van der Waals surface area contributed by atoms with Gasteiger partial charge in [0.1, 0.15) is 40.5 Å². The van der Waals surface area contributed by atoms with E-state index in [1.54, 1.807) is 38.1 Å². The molecule has 0 aliphatic carbocycles. The van der Waals surface area contributed by atoms with Gasteiger partial charge in [-0.05, 0) is 110 Å². The number of ketones is 1. The number of nitrogens with zero attached hydrogens (tertiary/aromatic N) is 16. The van der Waals surface area contributed by atoms with Crippen LogP contribution in [0.4, 0.5) is 11.6 Å². The van der Waals surface area contributed by atoms with Crippen LogP contribution >= 0.6 is 0 Å². The maximum Gasteiger partial charge on any atom is 0.366 e. The lowest BCUT2D eigenvalue weighted by molar-refractivity contribution is -0.116. The van der Waals surface area contributed by atoms with E-state index in [4.69, 9.17) is 11.5 Å². The molecular formula is C51H76N20O4. The zero-order chi connectivity index (χ0) is 55.3. The summed E-state index contributed by atoms with van der Waals surface area (Å²) in [6, 6.07) is 1.67. The standard InChI is InChI=1S/C10H14N4.C9H12N4O.C9H11N3O.C8H13N3.C8H12N2O.C6H10N4O.CH4/c1-6(2)14-5-11-9-7(3)12-8(4)13-10(9)14;1-5(2)13-4-10-7-8(13)11-6(3)12-9(7)14;1-6(2)12-5-11-8-7(13)3-4-10-9(8)12;1-6(2)11-5-4-8(9)10-7(11)3;1-6(2)10-5-4-8(11)9-7(10)3;1-4(2)10-6(11)9-5(7)3-8-10;/h5-6H,1-4H3;4-5H,1-3H3,(H,11,12,14);4-6H,3H2,1-2H3;4-6H,3H2,1-2H3,(H2,9,10);4-6H,3H2,1-2H3,(H,9,11);3-4H,1-2H3,(H2,7,9,11);1H4. The van der Waals surface area contributed by atoms with Gasteiger partial charge >= 0.3 is 5.69 Å². The molecule has 0 radical (unpaired) electrons. The van der Waals surface area contributed by atoms with E-state index in [9.17, 15) is 19.2 Å². The van der Waals surface area contributed by atoms with Gasteiger partial charge in [0.2, 0.25) is 0 Å². The first kappa shape index (κ1) is 60.9. The number of aryl methyl sites for hydroxylation is 3. The number of aliphatic imine (C=N–C) groups is 2. The SMILES string of the molecule is C.C=C1N=C(N)C=CN1C(C)C.C=C1NC(=O)C=CN1C(C)C.CC(C)n1cnc2c1N=CCC2=O.CC(C)n1ncc(N)nc1=O.Cc1nc(C)c2ncn(C(C)C)c2n1.Cc1nc2c(ncn2C(C)C)c(=O)[nH]1. The number of amides is 1. The predicted octanol–water partition coefficient (Wildman–Crippen LogP) is 7.09. The minimum absolute atomic E-state index is 0. The van der Waals surface area contributed by atoms with Crippen molar-refractivity contribution in [2.24, 2.45) is 15.7 Å². The molecule has 24 heteroatoms. The second-order valence-corrected chi connectivity index (χ2v) is 18.7. The number of nitrogen functional groups attached to an aromatic ring is 1. The van der Waals surface area contributed by atoms with E-state index in [-0.39, 0.29) is 42.6 Å². The zero-order valence-corrected chi connectivity index (χ0v) is 45.2. The monoisotopic (exact) mass is 1030 g/mol. The van der Waals surface area contributed by atoms with E-state index >= 15 is 0 Å². The summed E-state index contributed by atoms with van der Waals surface area (Å²) >= 11 is 0. The van der Waals surface area contributed by atoms with E-state index in [1.807, 2.05) is 101 Å². The zero-order valence-electron chi connectivity index (χ0n) is 45.2. The molecule has 0 fully saturated rings. The van der Waals surface area contributed by atoms with Crippen LogP contribution in [0.25, 0.3) is 22.3 Å². The number of aromatic amines is 1. The summed E-state index contributed by atoms with van der Waals surface area (Å²) < 4.78 is 7.13. The number of hydrogen-bond acceptors (Lipinski definition) is 18. The number of hydrogen-bond donors (Lipinski definition) is 4. The highest BCUT2D eigenvalue weighted by molar-refractivity contribution is 6.08. The van der Waals surface area contributed by atoms with Gasteiger partial charge in [-0.1, -0.05) is 20.6 Å². The topological polar surface area (TPSA) is 302 Å². The molecule has 1 amide bonds. The van der Waals surface area contributed by atoms with E-state index in [2.05, 4.69) is 106 Å². The van der Waals surface area contributed by atoms with E-state index in [0.29, 0.717) is 76.6 Å². The van der Waals surface area contributed by atoms with Crippen LogP contribution in [-0.4, -0.2) is 109 Å². The van der Waals surface area contributed by atoms with Gasteiger partial charge in [-0.3, -0.25) is 14.4 Å². The van der Waals surface area contributed by atoms with Crippen molar-refractivity contribution in [2.45, 2.75) is 154 Å². The van der Waals surface area contributed by atoms with Gasteiger partial charge in [0.25, 0.3) is 11.5 Å². The number of nitrogens with two attached hydrogens (primary N) is 2. The van der Waals surface area contributed by atoms with Crippen LogP contribution in [0.3, 0.4) is 0 Å². The number of Topliss-reactive ketones (excluding diaryl/α,β-unsaturated/α-hetero) is 1. The number of nitrogens with one attached hydrogen (secondary N) is 2. The van der Waals surface area contributed by atoms with E-state index in [0.717, 1.165) is 22.7 Å². The fraction of sp³-hybridized carbons (Fsp3) is 0.451. The normalized spacial score (nSPS) is 13.6. The molecular weight excluding hydrogens is 957 g/mol. The Morgan fingerprint density at radius 2 is 1.21 bits per heavy atom. The van der Waals surface area contributed by atoms with Crippen molar-refractivity contribution in [1.29, 1.82) is 0 Å². The Morgan fingerprint density at radius 3 is 1.75 bits per heavy atom. The molecule has 9 heterocycles. The molecule has 9 rings (SSSR count). The maximum atomic E-state index is 11.5. The van der Waals surface area contributed by atoms with Crippen molar-refractivity contribution in [3.63, 3.8) is 0 Å². The Labute approximate surface area is 438 Å². The minimum atomic E-state index is -0.403. The lowest BCUT2D eigenvalue weighted by atomic mass is 10.2. The molecule has 6 N–H and O–H groups in total. The van der Waals surface area contributed by atoms with Crippen molar-refractivity contribution < 1.29 is 9.59 Å². The van der Waals surface area contributed by atoms with Crippen LogP contribution in [0, 0.1) is 20.8 Å². The Kier molecular flexibility index (Phi) is 21.9. The Morgan fingerprint density at radius 1 is 0.653 bits per heavy atom. The first-order valence-electron chi connectivity index (χ1n) is 24.1. The highest BCUT2D eigenvalue weighted by atomic mass is 16.2. The van der Waals surface area contributed by atoms with Crippen molar-refractivity contribution in [1.82, 2.24) is 78.5 Å². The minimum Gasteiger partial charge on any atom is -0.384 e. The van der Waals surface area contributed by atoms with Gasteiger partial charge < -0.3 is 45.3 Å². The van der Waals surface area contributed by atoms with Gasteiger partial charge in [0, 0.05) is 61.3 Å². The van der Waals surface area contributed by atoms with E-state index < -0.39 is 5.69 Å². The summed E-state index contributed by atoms with van der Waals surface area (Å²) in [6.45, 7) is 37.4. The van der Waals surface area contributed by atoms with Crippen LogP contribution in [0.2, 0.25) is 0 Å². The molecule has 0 spiro atoms. The van der Waals surface area contributed by atoms with Gasteiger partial charge in [-0.2, -0.15) is 10.1 Å². The van der Waals surface area contributed by atoms with Crippen LogP contribution < -0.4 is 28.0 Å². The summed E-state index contributed by atoms with van der Waals surface area (Å²) in [7, 11) is 0. The number of rotatable bonds is 6. The van der Waals surface area contributed by atoms with Crippen molar-refractivity contribution in [3.8, 4) is 0 Å². The molecule has 0 saturated carbocycles. The van der Waals surface area contributed by atoms with Gasteiger partial charge in [-0.15, -0.1) is 0 Å². The number of imidazole rings is 3. The molecule has 24 nitrogen and oxygen atoms in total. The first-order chi connectivity index (χ1) is 34.7. The molecule has 6 aromatic heterocycles. The van der Waals surface area contributed by atoms with Gasteiger partial charge in [-0.25, -0.2) is 49.4 Å². The lowest BCUT2D eigenvalue weighted by Gasteiger charge is -2.29. The molecule has 0 unspecified atom stereocenters. The third-order valence-corrected chi connectivity index (χ3v) is 10.7. The van der Waals surface area contributed by atoms with Gasteiger partial charge in [0.05, 0.1) is 36.9 Å². The number of carbonyl (C=O) groups is 2. The average Bonchev–Trinajstić information content (AvgIpc) is 4.06. The number of carbonyl (C=O) groups excluding carboxylic acids is 2. The fourth-order valence-electron chi connectivity index (χ4n) is 7.00. The van der Waals surface area contributed by atoms with Crippen LogP contribution in [-0.2, 0) is 4.79 Å². The molecule has 6 aromatic rings. The molecule has 0 bridgehead atoms. The largest absolute Gasteiger partial charge is 0.384 e. The van der Waals surface area contributed by atoms with Crippen molar-refractivity contribution in [2.75, 3.05) is 5.73 Å². The van der Waals surface area contributed by atoms with Crippen LogP contribution in [0.15, 0.2) is 94.1 Å². The number of amidine groups is 1. The lowest BCUT2D eigenvalue weighted by Crippen LogP contribution is -2.38.